The summed E-state index contributed by atoms with van der Waals surface area (Å²) in [6.07, 6.45) is 4.49. The molecule has 1 saturated heterocycles. The van der Waals surface area contributed by atoms with E-state index in [0.717, 1.165) is 22.3 Å². The van der Waals surface area contributed by atoms with Crippen LogP contribution in [0.4, 0.5) is 0 Å². The Bertz CT molecular complexity index is 1020. The van der Waals surface area contributed by atoms with Gasteiger partial charge in [0, 0.05) is 29.9 Å². The Morgan fingerprint density at radius 3 is 2.55 bits per heavy atom. The second kappa shape index (κ2) is 6.90. The molecule has 5 rings (SSSR count). The highest BCUT2D eigenvalue weighted by Gasteiger charge is 2.50. The van der Waals surface area contributed by atoms with Gasteiger partial charge in [0.05, 0.1) is 5.57 Å². The molecule has 2 aliphatic heterocycles. The number of nitrogens with one attached hydrogen (secondary N) is 1. The predicted molar refractivity (Wildman–Crippen MR) is 107 cm³/mol. The molecule has 2 N–H and O–H groups in total. The molecule has 1 unspecified atom stereocenters. The maximum atomic E-state index is 13.5. The Balaban J connectivity index is 1.61. The minimum atomic E-state index is -1.20. The van der Waals surface area contributed by atoms with E-state index in [2.05, 4.69) is 10.3 Å². The standard InChI is InChI=1S/C23H22N2O4/c26-18-4-2-15-13-16(1-3-17(15)18)19-20(27)22(23(28)7-11-25-12-8-23)29-21(19)14-5-9-24-10-6-14/h1,3,5-6,9-10,13,22,25,28H,2,4,7-8,11-12H2. The molecule has 1 aromatic heterocycles. The normalized spacial score (nSPS) is 23.3. The smallest absolute Gasteiger partial charge is 0.210 e. The van der Waals surface area contributed by atoms with Gasteiger partial charge in [-0.1, -0.05) is 18.2 Å². The zero-order valence-corrected chi connectivity index (χ0v) is 16.0. The molecule has 2 aromatic rings. The van der Waals surface area contributed by atoms with E-state index in [-0.39, 0.29) is 11.6 Å². The molecule has 0 amide bonds. The van der Waals surface area contributed by atoms with Gasteiger partial charge in [-0.25, -0.2) is 0 Å². The van der Waals surface area contributed by atoms with E-state index >= 15 is 0 Å². The number of fused-ring (bicyclic) bond motifs is 1. The van der Waals surface area contributed by atoms with E-state index in [1.54, 1.807) is 30.6 Å². The van der Waals surface area contributed by atoms with Crippen LogP contribution in [0.2, 0.25) is 0 Å². The number of rotatable bonds is 3. The topological polar surface area (TPSA) is 88.5 Å². The molecular formula is C23H22N2O4. The van der Waals surface area contributed by atoms with Gasteiger partial charge < -0.3 is 15.2 Å². The Morgan fingerprint density at radius 2 is 1.79 bits per heavy atom. The first-order chi connectivity index (χ1) is 14.1. The Labute approximate surface area is 168 Å². The molecule has 0 saturated carbocycles. The number of nitrogens with zero attached hydrogens (tertiary/aromatic N) is 1. The van der Waals surface area contributed by atoms with Crippen molar-refractivity contribution in [2.24, 2.45) is 0 Å². The second-order valence-electron chi connectivity index (χ2n) is 7.95. The Hall–Kier alpha value is -2.83. The fourth-order valence-electron chi connectivity index (χ4n) is 4.55. The lowest BCUT2D eigenvalue weighted by Gasteiger charge is -2.36. The summed E-state index contributed by atoms with van der Waals surface area (Å²) in [6, 6.07) is 9.14. The number of ether oxygens (including phenoxy) is 1. The molecule has 1 aromatic carbocycles. The summed E-state index contributed by atoms with van der Waals surface area (Å²) < 4.78 is 6.17. The molecule has 0 radical (unpaired) electrons. The maximum absolute atomic E-state index is 13.5. The van der Waals surface area contributed by atoms with Crippen LogP contribution in [0.15, 0.2) is 42.7 Å². The zero-order chi connectivity index (χ0) is 20.0. The number of pyridine rings is 1. The number of Topliss-reactive ketones (excluding diaryl/α,β-unsaturated/α-hetero) is 2. The summed E-state index contributed by atoms with van der Waals surface area (Å²) in [7, 11) is 0. The van der Waals surface area contributed by atoms with Crippen molar-refractivity contribution in [3.05, 3.63) is 65.0 Å². The van der Waals surface area contributed by atoms with Crippen molar-refractivity contribution in [3.63, 3.8) is 0 Å². The lowest BCUT2D eigenvalue weighted by Crippen LogP contribution is -2.52. The molecule has 1 aliphatic carbocycles. The summed E-state index contributed by atoms with van der Waals surface area (Å²) in [4.78, 5) is 29.6. The average Bonchev–Trinajstić information content (AvgIpc) is 3.29. The molecule has 0 bridgehead atoms. The van der Waals surface area contributed by atoms with Gasteiger partial charge in [0.2, 0.25) is 5.78 Å². The molecule has 6 heteroatoms. The number of carbonyl (C=O) groups is 2. The first kappa shape index (κ1) is 18.2. The number of carbonyl (C=O) groups excluding carboxylic acids is 2. The van der Waals surface area contributed by atoms with E-state index in [0.29, 0.717) is 50.1 Å². The molecule has 148 valence electrons. The Morgan fingerprint density at radius 1 is 1.03 bits per heavy atom. The van der Waals surface area contributed by atoms with Crippen molar-refractivity contribution in [2.45, 2.75) is 37.4 Å². The van der Waals surface area contributed by atoms with Gasteiger partial charge in [-0.05, 0) is 55.6 Å². The van der Waals surface area contributed by atoms with Gasteiger partial charge in [0.25, 0.3) is 0 Å². The van der Waals surface area contributed by atoms with Gasteiger partial charge in [0.15, 0.2) is 11.9 Å². The molecule has 1 fully saturated rings. The molecular weight excluding hydrogens is 368 g/mol. The summed E-state index contributed by atoms with van der Waals surface area (Å²) >= 11 is 0. The van der Waals surface area contributed by atoms with Crippen LogP contribution in [-0.2, 0) is 16.0 Å². The number of aliphatic hydroxyl groups is 1. The number of aryl methyl sites for hydroxylation is 1. The fraction of sp³-hybridized carbons (Fsp3) is 0.348. The van der Waals surface area contributed by atoms with E-state index in [4.69, 9.17) is 4.74 Å². The monoisotopic (exact) mass is 390 g/mol. The first-order valence-electron chi connectivity index (χ1n) is 10.0. The minimum Gasteiger partial charge on any atom is -0.478 e. The van der Waals surface area contributed by atoms with Crippen LogP contribution in [0.1, 0.15) is 46.3 Å². The van der Waals surface area contributed by atoms with Crippen LogP contribution in [-0.4, -0.2) is 46.5 Å². The van der Waals surface area contributed by atoms with Crippen molar-refractivity contribution >= 4 is 22.9 Å². The van der Waals surface area contributed by atoms with Crippen LogP contribution in [0.25, 0.3) is 11.3 Å². The van der Waals surface area contributed by atoms with Crippen molar-refractivity contribution < 1.29 is 19.4 Å². The average molecular weight is 390 g/mol. The number of benzene rings is 1. The first-order valence-corrected chi connectivity index (χ1v) is 10.0. The molecule has 29 heavy (non-hydrogen) atoms. The number of ketones is 2. The van der Waals surface area contributed by atoms with Gasteiger partial charge in [-0.3, -0.25) is 14.6 Å². The van der Waals surface area contributed by atoms with Gasteiger partial charge in [-0.2, -0.15) is 0 Å². The summed E-state index contributed by atoms with van der Waals surface area (Å²) in [5.41, 5.74) is 2.45. The molecule has 1 atom stereocenters. The highest BCUT2D eigenvalue weighted by atomic mass is 16.5. The highest BCUT2D eigenvalue weighted by molar-refractivity contribution is 6.31. The van der Waals surface area contributed by atoms with Crippen LogP contribution < -0.4 is 5.32 Å². The lowest BCUT2D eigenvalue weighted by atomic mass is 9.82. The van der Waals surface area contributed by atoms with Crippen molar-refractivity contribution in [1.82, 2.24) is 10.3 Å². The van der Waals surface area contributed by atoms with Gasteiger partial charge in [0.1, 0.15) is 11.4 Å². The number of aromatic nitrogens is 1. The van der Waals surface area contributed by atoms with E-state index in [1.165, 1.54) is 0 Å². The van der Waals surface area contributed by atoms with Crippen molar-refractivity contribution in [2.75, 3.05) is 13.1 Å². The Kier molecular flexibility index (Phi) is 4.33. The largest absolute Gasteiger partial charge is 0.478 e. The number of hydrogen-bond donors (Lipinski definition) is 2. The summed E-state index contributed by atoms with van der Waals surface area (Å²) in [6.45, 7) is 1.29. The minimum absolute atomic E-state index is 0.144. The van der Waals surface area contributed by atoms with Gasteiger partial charge >= 0.3 is 0 Å². The van der Waals surface area contributed by atoms with E-state index in [9.17, 15) is 14.7 Å². The molecule has 6 nitrogen and oxygen atoms in total. The van der Waals surface area contributed by atoms with Crippen LogP contribution in [0, 0.1) is 0 Å². The molecule has 3 heterocycles. The lowest BCUT2D eigenvalue weighted by molar-refractivity contribution is -0.137. The van der Waals surface area contributed by atoms with Crippen molar-refractivity contribution in [3.8, 4) is 0 Å². The zero-order valence-electron chi connectivity index (χ0n) is 16.0. The van der Waals surface area contributed by atoms with Crippen LogP contribution in [0.3, 0.4) is 0 Å². The molecule has 3 aliphatic rings. The van der Waals surface area contributed by atoms with Gasteiger partial charge in [-0.15, -0.1) is 0 Å². The third-order valence-electron chi connectivity index (χ3n) is 6.16. The number of hydrogen-bond acceptors (Lipinski definition) is 6. The predicted octanol–water partition coefficient (Wildman–Crippen LogP) is 2.16. The quantitative estimate of drug-likeness (QED) is 0.835. The van der Waals surface area contributed by atoms with Crippen LogP contribution in [0.5, 0.6) is 0 Å². The highest BCUT2D eigenvalue weighted by Crippen LogP contribution is 2.42. The van der Waals surface area contributed by atoms with E-state index in [1.807, 2.05) is 12.1 Å². The third kappa shape index (κ3) is 2.99. The molecule has 0 spiro atoms. The third-order valence-corrected chi connectivity index (χ3v) is 6.16. The van der Waals surface area contributed by atoms with E-state index < -0.39 is 11.7 Å². The second-order valence-corrected chi connectivity index (χ2v) is 7.95. The SMILES string of the molecule is O=C1CCc2cc(C3=C(c4ccncc4)OC(C4(O)CCNCC4)C3=O)ccc21. The number of piperidine rings is 1. The summed E-state index contributed by atoms with van der Waals surface area (Å²) in [5, 5.41) is 14.4. The maximum Gasteiger partial charge on any atom is 0.210 e. The fourth-order valence-corrected chi connectivity index (χ4v) is 4.55. The summed E-state index contributed by atoms with van der Waals surface area (Å²) in [5.74, 6) is 0.412. The van der Waals surface area contributed by atoms with Crippen LogP contribution >= 0.6 is 0 Å². The van der Waals surface area contributed by atoms with Crippen molar-refractivity contribution in [1.29, 1.82) is 0 Å².